The number of fused-ring (bicyclic) bond motifs is 1. The number of amides is 1. The molecule has 0 aliphatic rings. The Labute approximate surface area is 197 Å². The van der Waals surface area contributed by atoms with Crippen molar-refractivity contribution >= 4 is 40.2 Å². The fourth-order valence-electron chi connectivity index (χ4n) is 3.32. The molecule has 0 saturated carbocycles. The maximum atomic E-state index is 11.9. The highest BCUT2D eigenvalue weighted by Gasteiger charge is 2.06. The normalized spacial score (nSPS) is 11.0. The number of hydrogen-bond acceptors (Lipinski definition) is 4. The Bertz CT molecular complexity index is 1280. The van der Waals surface area contributed by atoms with Crippen molar-refractivity contribution in [1.82, 2.24) is 0 Å². The highest BCUT2D eigenvalue weighted by molar-refractivity contribution is 6.32. The zero-order chi connectivity index (χ0) is 23.0. The van der Waals surface area contributed by atoms with Gasteiger partial charge in [0.05, 0.1) is 11.2 Å². The summed E-state index contributed by atoms with van der Waals surface area (Å²) in [6, 6.07) is 27.2. The molecule has 0 heterocycles. The molecule has 6 heteroatoms. The van der Waals surface area contributed by atoms with E-state index in [1.165, 1.54) is 11.6 Å². The average Bonchev–Trinajstić information content (AvgIpc) is 2.83. The lowest BCUT2D eigenvalue weighted by Gasteiger charge is -2.11. The highest BCUT2D eigenvalue weighted by atomic mass is 35.5. The lowest BCUT2D eigenvalue weighted by Crippen LogP contribution is -2.16. The Morgan fingerprint density at radius 1 is 1.00 bits per heavy atom. The molecule has 4 rings (SSSR count). The van der Waals surface area contributed by atoms with Gasteiger partial charge in [-0.1, -0.05) is 76.9 Å². The molecular weight excluding hydrogens is 436 g/mol. The van der Waals surface area contributed by atoms with Crippen LogP contribution in [0.15, 0.2) is 90.1 Å². The molecule has 0 aliphatic heterocycles. The van der Waals surface area contributed by atoms with Crippen LogP contribution in [0.25, 0.3) is 10.8 Å². The van der Waals surface area contributed by atoms with Gasteiger partial charge in [0.2, 0.25) is 0 Å². The first kappa shape index (κ1) is 22.4. The van der Waals surface area contributed by atoms with E-state index in [9.17, 15) is 4.79 Å². The molecule has 0 saturated heterocycles. The first-order valence-corrected chi connectivity index (χ1v) is 10.9. The summed E-state index contributed by atoms with van der Waals surface area (Å²) in [6.45, 7) is 2.21. The standard InChI is InChI=1S/C27H23ClN2O3/c1-19-9-12-23(13-10-19)30-27(31)18-33-29-16-20-11-14-26(25(28)15-20)32-17-22-7-4-6-21-5-2-3-8-24(21)22/h2-16H,17-18H2,1H3,(H,30,31). The molecular formula is C27H23ClN2O3. The average molecular weight is 459 g/mol. The highest BCUT2D eigenvalue weighted by Crippen LogP contribution is 2.27. The number of nitrogens with zero attached hydrogens (tertiary/aromatic N) is 1. The summed E-state index contributed by atoms with van der Waals surface area (Å²) in [4.78, 5) is 17.0. The van der Waals surface area contributed by atoms with Crippen molar-refractivity contribution in [2.45, 2.75) is 13.5 Å². The van der Waals surface area contributed by atoms with E-state index >= 15 is 0 Å². The summed E-state index contributed by atoms with van der Waals surface area (Å²) in [6.07, 6.45) is 1.50. The van der Waals surface area contributed by atoms with Gasteiger partial charge in [0, 0.05) is 5.69 Å². The zero-order valence-corrected chi connectivity index (χ0v) is 18.9. The SMILES string of the molecule is Cc1ccc(NC(=O)CON=Cc2ccc(OCc3cccc4ccccc34)c(Cl)c2)cc1. The van der Waals surface area contributed by atoms with E-state index < -0.39 is 0 Å². The minimum atomic E-state index is -0.286. The third-order valence-corrected chi connectivity index (χ3v) is 5.32. The number of anilines is 1. The van der Waals surface area contributed by atoms with Crippen molar-refractivity contribution in [1.29, 1.82) is 0 Å². The molecule has 0 spiro atoms. The molecule has 4 aromatic rings. The molecule has 0 atom stereocenters. The number of halogens is 1. The second-order valence-corrected chi connectivity index (χ2v) is 7.95. The first-order valence-electron chi connectivity index (χ1n) is 10.5. The van der Waals surface area contributed by atoms with E-state index in [0.29, 0.717) is 23.1 Å². The van der Waals surface area contributed by atoms with Crippen molar-refractivity contribution in [2.24, 2.45) is 5.16 Å². The Balaban J connectivity index is 1.29. The lowest BCUT2D eigenvalue weighted by atomic mass is 10.1. The van der Waals surface area contributed by atoms with E-state index in [1.807, 2.05) is 61.5 Å². The zero-order valence-electron chi connectivity index (χ0n) is 18.1. The maximum Gasteiger partial charge on any atom is 0.265 e. The van der Waals surface area contributed by atoms with Crippen molar-refractivity contribution in [2.75, 3.05) is 11.9 Å². The summed E-state index contributed by atoms with van der Waals surface area (Å²) in [5.41, 5.74) is 3.66. The minimum absolute atomic E-state index is 0.190. The van der Waals surface area contributed by atoms with Crippen LogP contribution in [0.4, 0.5) is 5.69 Å². The van der Waals surface area contributed by atoms with Gasteiger partial charge in [0.1, 0.15) is 12.4 Å². The van der Waals surface area contributed by atoms with Crippen LogP contribution in [0.2, 0.25) is 5.02 Å². The molecule has 4 aromatic carbocycles. The Morgan fingerprint density at radius 3 is 2.61 bits per heavy atom. The molecule has 0 bridgehead atoms. The summed E-state index contributed by atoms with van der Waals surface area (Å²) in [5.74, 6) is 0.298. The first-order chi connectivity index (χ1) is 16.1. The van der Waals surface area contributed by atoms with Crippen molar-refractivity contribution in [3.63, 3.8) is 0 Å². The molecule has 1 N–H and O–H groups in total. The number of ether oxygens (including phenoxy) is 1. The van der Waals surface area contributed by atoms with Crippen molar-refractivity contribution in [3.8, 4) is 5.75 Å². The Hall–Kier alpha value is -3.83. The van der Waals surface area contributed by atoms with Crippen LogP contribution in [0.3, 0.4) is 0 Å². The molecule has 1 amide bonds. The lowest BCUT2D eigenvalue weighted by molar-refractivity contribution is -0.120. The fourth-order valence-corrected chi connectivity index (χ4v) is 3.56. The van der Waals surface area contributed by atoms with Crippen molar-refractivity contribution in [3.05, 3.63) is 107 Å². The molecule has 0 aromatic heterocycles. The van der Waals surface area contributed by atoms with E-state index in [4.69, 9.17) is 21.2 Å². The summed E-state index contributed by atoms with van der Waals surface area (Å²) in [5, 5.41) is 9.39. The van der Waals surface area contributed by atoms with Gasteiger partial charge >= 0.3 is 0 Å². The van der Waals surface area contributed by atoms with Gasteiger partial charge in [-0.3, -0.25) is 4.79 Å². The smallest absolute Gasteiger partial charge is 0.265 e. The number of hydrogen-bond donors (Lipinski definition) is 1. The number of benzene rings is 4. The van der Waals surface area contributed by atoms with Crippen LogP contribution in [-0.2, 0) is 16.2 Å². The van der Waals surface area contributed by atoms with Gasteiger partial charge in [-0.2, -0.15) is 0 Å². The third kappa shape index (κ3) is 6.11. The number of carbonyl (C=O) groups is 1. The number of rotatable bonds is 8. The number of aryl methyl sites for hydroxylation is 1. The molecule has 33 heavy (non-hydrogen) atoms. The Kier molecular flexibility index (Phi) is 7.22. The predicted molar refractivity (Wildman–Crippen MR) is 133 cm³/mol. The van der Waals surface area contributed by atoms with E-state index in [0.717, 1.165) is 22.1 Å². The monoisotopic (exact) mass is 458 g/mol. The van der Waals surface area contributed by atoms with E-state index in [2.05, 4.69) is 28.7 Å². The van der Waals surface area contributed by atoms with Gasteiger partial charge in [0.25, 0.3) is 5.91 Å². The van der Waals surface area contributed by atoms with Crippen LogP contribution < -0.4 is 10.1 Å². The second-order valence-electron chi connectivity index (χ2n) is 7.54. The number of nitrogens with one attached hydrogen (secondary N) is 1. The largest absolute Gasteiger partial charge is 0.487 e. The molecule has 166 valence electrons. The summed E-state index contributed by atoms with van der Waals surface area (Å²) in [7, 11) is 0. The quantitative estimate of drug-likeness (QED) is 0.246. The topological polar surface area (TPSA) is 59.9 Å². The predicted octanol–water partition coefficient (Wildman–Crippen LogP) is 6.37. The second kappa shape index (κ2) is 10.7. The minimum Gasteiger partial charge on any atom is -0.487 e. The van der Waals surface area contributed by atoms with Crippen LogP contribution in [0.5, 0.6) is 5.75 Å². The van der Waals surface area contributed by atoms with Crippen LogP contribution in [0, 0.1) is 6.92 Å². The maximum absolute atomic E-state index is 11.9. The van der Waals surface area contributed by atoms with Gasteiger partial charge < -0.3 is 14.9 Å². The van der Waals surface area contributed by atoms with Gasteiger partial charge in [-0.15, -0.1) is 0 Å². The van der Waals surface area contributed by atoms with Crippen LogP contribution >= 0.6 is 11.6 Å². The van der Waals surface area contributed by atoms with Crippen LogP contribution in [0.1, 0.15) is 16.7 Å². The van der Waals surface area contributed by atoms with E-state index in [-0.39, 0.29) is 12.5 Å². The third-order valence-electron chi connectivity index (χ3n) is 5.03. The molecule has 0 aliphatic carbocycles. The van der Waals surface area contributed by atoms with Crippen molar-refractivity contribution < 1.29 is 14.4 Å². The summed E-state index contributed by atoms with van der Waals surface area (Å²) < 4.78 is 5.95. The van der Waals surface area contributed by atoms with Gasteiger partial charge in [0.15, 0.2) is 6.61 Å². The van der Waals surface area contributed by atoms with Gasteiger partial charge in [-0.25, -0.2) is 0 Å². The number of oxime groups is 1. The molecule has 5 nitrogen and oxygen atoms in total. The number of carbonyl (C=O) groups excluding carboxylic acids is 1. The Morgan fingerprint density at radius 2 is 1.79 bits per heavy atom. The molecule has 0 radical (unpaired) electrons. The van der Waals surface area contributed by atoms with Crippen LogP contribution in [-0.4, -0.2) is 18.7 Å². The summed E-state index contributed by atoms with van der Waals surface area (Å²) >= 11 is 6.39. The molecule has 0 fully saturated rings. The molecule has 0 unspecified atom stereocenters. The van der Waals surface area contributed by atoms with Gasteiger partial charge in [-0.05, 0) is 59.2 Å². The van der Waals surface area contributed by atoms with E-state index in [1.54, 1.807) is 12.1 Å². The fraction of sp³-hybridized carbons (Fsp3) is 0.111.